The van der Waals surface area contributed by atoms with Crippen molar-refractivity contribution in [1.82, 2.24) is 0 Å². The molecule has 0 aliphatic rings. The van der Waals surface area contributed by atoms with Crippen LogP contribution >= 0.6 is 20.5 Å². The van der Waals surface area contributed by atoms with E-state index in [1.807, 2.05) is 12.1 Å². The molecular formula is C11H17O4PS. The summed E-state index contributed by atoms with van der Waals surface area (Å²) in [6.45, 7) is 4.01. The highest BCUT2D eigenvalue weighted by atomic mass is 32.1. The molecule has 0 radical (unpaired) electrons. The van der Waals surface area contributed by atoms with Gasteiger partial charge in [0.05, 0.1) is 13.2 Å². The molecule has 0 spiro atoms. The lowest BCUT2D eigenvalue weighted by Crippen LogP contribution is -2.02. The van der Waals surface area contributed by atoms with Crippen molar-refractivity contribution >= 4 is 20.5 Å². The molecule has 0 atom stereocenters. The number of thiol groups is 1. The van der Waals surface area contributed by atoms with Crippen LogP contribution in [-0.4, -0.2) is 13.2 Å². The molecule has 0 heterocycles. The second kappa shape index (κ2) is 7.07. The molecule has 0 aliphatic carbocycles. The topological polar surface area (TPSA) is 44.8 Å². The molecule has 1 aromatic rings. The zero-order valence-corrected chi connectivity index (χ0v) is 11.7. The van der Waals surface area contributed by atoms with Gasteiger partial charge in [-0.15, -0.1) is 0 Å². The van der Waals surface area contributed by atoms with Gasteiger partial charge in [0.25, 0.3) is 0 Å². The quantitative estimate of drug-likeness (QED) is 0.609. The Hall–Kier alpha value is -0.480. The number of rotatable bonds is 7. The second-order valence-electron chi connectivity index (χ2n) is 3.18. The Balaban J connectivity index is 2.75. The summed E-state index contributed by atoms with van der Waals surface area (Å²) >= 11 is 4.15. The van der Waals surface area contributed by atoms with E-state index in [-0.39, 0.29) is 13.2 Å². The maximum atomic E-state index is 12.1. The first kappa shape index (κ1) is 14.6. The summed E-state index contributed by atoms with van der Waals surface area (Å²) in [5.41, 5.74) is 1.06. The van der Waals surface area contributed by atoms with Crippen LogP contribution in [0.5, 0.6) is 5.75 Å². The van der Waals surface area contributed by atoms with Gasteiger partial charge in [0.1, 0.15) is 5.75 Å². The summed E-state index contributed by atoms with van der Waals surface area (Å²) in [6.07, 6.45) is 0. The van der Waals surface area contributed by atoms with Crippen LogP contribution in [0.4, 0.5) is 0 Å². The molecule has 1 aromatic carbocycles. The molecule has 0 fully saturated rings. The van der Waals surface area contributed by atoms with Gasteiger partial charge >= 0.3 is 7.82 Å². The first-order chi connectivity index (χ1) is 8.13. The van der Waals surface area contributed by atoms with Gasteiger partial charge in [-0.3, -0.25) is 9.05 Å². The molecule has 0 aliphatic heterocycles. The van der Waals surface area contributed by atoms with E-state index in [9.17, 15) is 4.57 Å². The molecule has 0 amide bonds. The third kappa shape index (κ3) is 4.72. The molecule has 6 heteroatoms. The minimum absolute atomic E-state index is 0.270. The average molecular weight is 276 g/mol. The van der Waals surface area contributed by atoms with E-state index in [4.69, 9.17) is 13.6 Å². The van der Waals surface area contributed by atoms with E-state index in [1.54, 1.807) is 26.0 Å². The molecular weight excluding hydrogens is 259 g/mol. The van der Waals surface area contributed by atoms with Gasteiger partial charge in [0, 0.05) is 5.75 Å². The number of hydrogen-bond acceptors (Lipinski definition) is 5. The lowest BCUT2D eigenvalue weighted by atomic mass is 10.2. The molecule has 4 nitrogen and oxygen atoms in total. The fourth-order valence-electron chi connectivity index (χ4n) is 1.19. The van der Waals surface area contributed by atoms with Crippen molar-refractivity contribution in [3.05, 3.63) is 29.8 Å². The predicted molar refractivity (Wildman–Crippen MR) is 70.6 cm³/mol. The zero-order valence-electron chi connectivity index (χ0n) is 9.96. The van der Waals surface area contributed by atoms with Crippen molar-refractivity contribution in [2.45, 2.75) is 19.6 Å². The monoisotopic (exact) mass is 276 g/mol. The van der Waals surface area contributed by atoms with E-state index >= 15 is 0 Å². The minimum Gasteiger partial charge on any atom is -0.404 e. The summed E-state index contributed by atoms with van der Waals surface area (Å²) in [4.78, 5) is 0. The lowest BCUT2D eigenvalue weighted by Gasteiger charge is -2.17. The summed E-state index contributed by atoms with van der Waals surface area (Å²) in [6, 6.07) is 7.14. The van der Waals surface area contributed by atoms with Crippen LogP contribution in [0.3, 0.4) is 0 Å². The highest BCUT2D eigenvalue weighted by Gasteiger charge is 2.27. The third-order valence-electron chi connectivity index (χ3n) is 1.90. The van der Waals surface area contributed by atoms with Gasteiger partial charge in [-0.1, -0.05) is 12.1 Å². The first-order valence-electron chi connectivity index (χ1n) is 5.42. The molecule has 96 valence electrons. The van der Waals surface area contributed by atoms with Crippen LogP contribution in [0.1, 0.15) is 19.4 Å². The first-order valence-corrected chi connectivity index (χ1v) is 7.51. The summed E-state index contributed by atoms with van der Waals surface area (Å²) in [5, 5.41) is 0. The smallest absolute Gasteiger partial charge is 0.404 e. The fourth-order valence-corrected chi connectivity index (χ4v) is 2.59. The van der Waals surface area contributed by atoms with Crippen molar-refractivity contribution in [2.75, 3.05) is 13.2 Å². The van der Waals surface area contributed by atoms with E-state index in [2.05, 4.69) is 12.6 Å². The molecule has 0 N–H and O–H groups in total. The van der Waals surface area contributed by atoms with Crippen molar-refractivity contribution in [3.63, 3.8) is 0 Å². The Bertz CT molecular complexity index is 370. The van der Waals surface area contributed by atoms with E-state index < -0.39 is 7.82 Å². The highest BCUT2D eigenvalue weighted by molar-refractivity contribution is 7.79. The Morgan fingerprint density at radius 2 is 1.65 bits per heavy atom. The number of phosphoric ester groups is 1. The molecule has 0 bridgehead atoms. The van der Waals surface area contributed by atoms with Gasteiger partial charge < -0.3 is 4.52 Å². The highest BCUT2D eigenvalue weighted by Crippen LogP contribution is 2.49. The van der Waals surface area contributed by atoms with Gasteiger partial charge in [0.15, 0.2) is 0 Å². The van der Waals surface area contributed by atoms with E-state index in [1.165, 1.54) is 0 Å². The van der Waals surface area contributed by atoms with Crippen LogP contribution in [0.15, 0.2) is 24.3 Å². The van der Waals surface area contributed by atoms with E-state index in [0.717, 1.165) is 5.56 Å². The molecule has 0 aromatic heterocycles. The Morgan fingerprint density at radius 1 is 1.12 bits per heavy atom. The Morgan fingerprint density at radius 3 is 2.06 bits per heavy atom. The van der Waals surface area contributed by atoms with Gasteiger partial charge in [0.2, 0.25) is 0 Å². The lowest BCUT2D eigenvalue weighted by molar-refractivity contribution is 0.167. The maximum absolute atomic E-state index is 12.1. The second-order valence-corrected chi connectivity index (χ2v) is 5.09. The van der Waals surface area contributed by atoms with Crippen molar-refractivity contribution in [2.24, 2.45) is 0 Å². The standard InChI is InChI=1S/C11H17O4PS/c1-3-13-16(12,14-4-2)15-11-7-5-10(9-17)6-8-11/h5-8,17H,3-4,9H2,1-2H3. The zero-order chi connectivity index (χ0) is 12.7. The summed E-state index contributed by atoms with van der Waals surface area (Å²) < 4.78 is 27.4. The molecule has 17 heavy (non-hydrogen) atoms. The summed E-state index contributed by atoms with van der Waals surface area (Å²) in [5.74, 6) is 1.11. The maximum Gasteiger partial charge on any atom is 0.530 e. The minimum atomic E-state index is -3.48. The molecule has 0 unspecified atom stereocenters. The van der Waals surface area contributed by atoms with Crippen molar-refractivity contribution in [1.29, 1.82) is 0 Å². The van der Waals surface area contributed by atoms with Crippen molar-refractivity contribution in [3.8, 4) is 5.75 Å². The molecule has 0 saturated carbocycles. The predicted octanol–water partition coefficient (Wildman–Crippen LogP) is 3.68. The van der Waals surface area contributed by atoms with Crippen LogP contribution in [0.2, 0.25) is 0 Å². The molecule has 0 saturated heterocycles. The van der Waals surface area contributed by atoms with Crippen molar-refractivity contribution < 1.29 is 18.1 Å². The van der Waals surface area contributed by atoms with Gasteiger partial charge in [-0.05, 0) is 31.5 Å². The Kier molecular flexibility index (Phi) is 6.06. The SMILES string of the molecule is CCOP(=O)(OCC)Oc1ccc(CS)cc1. The third-order valence-corrected chi connectivity index (χ3v) is 3.85. The number of phosphoric acid groups is 1. The summed E-state index contributed by atoms with van der Waals surface area (Å²) in [7, 11) is -3.48. The van der Waals surface area contributed by atoms with Gasteiger partial charge in [-0.2, -0.15) is 12.6 Å². The van der Waals surface area contributed by atoms with Crippen LogP contribution in [-0.2, 0) is 19.4 Å². The molecule has 1 rings (SSSR count). The average Bonchev–Trinajstić information content (AvgIpc) is 2.30. The Labute approximate surface area is 107 Å². The normalized spacial score (nSPS) is 11.5. The largest absolute Gasteiger partial charge is 0.530 e. The fraction of sp³-hybridized carbons (Fsp3) is 0.455. The number of hydrogen-bond donors (Lipinski definition) is 1. The van der Waals surface area contributed by atoms with E-state index in [0.29, 0.717) is 11.5 Å². The van der Waals surface area contributed by atoms with Crippen LogP contribution < -0.4 is 4.52 Å². The van der Waals surface area contributed by atoms with Crippen LogP contribution in [0.25, 0.3) is 0 Å². The van der Waals surface area contributed by atoms with Gasteiger partial charge in [-0.25, -0.2) is 4.57 Å². The number of benzene rings is 1. The van der Waals surface area contributed by atoms with Crippen LogP contribution in [0, 0.1) is 0 Å².